The number of piperidine rings is 1. The lowest BCUT2D eigenvalue weighted by Gasteiger charge is -2.33. The average molecular weight is 438 g/mol. The third kappa shape index (κ3) is 3.91. The number of rotatable bonds is 6. The molecular weight excluding hydrogens is 416 g/mol. The minimum atomic E-state index is -0.816. The van der Waals surface area contributed by atoms with E-state index >= 15 is 8.78 Å². The van der Waals surface area contributed by atoms with E-state index < -0.39 is 11.6 Å². The van der Waals surface area contributed by atoms with Gasteiger partial charge in [-0.3, -0.25) is 0 Å². The molecule has 0 aliphatic carbocycles. The third-order valence-electron chi connectivity index (χ3n) is 5.28. The van der Waals surface area contributed by atoms with Crippen LogP contribution in [0.25, 0.3) is 16.9 Å². The Morgan fingerprint density at radius 1 is 1.20 bits per heavy atom. The third-order valence-corrected chi connectivity index (χ3v) is 5.55. The van der Waals surface area contributed by atoms with E-state index in [1.807, 2.05) is 4.90 Å². The van der Waals surface area contributed by atoms with E-state index in [-0.39, 0.29) is 41.0 Å². The summed E-state index contributed by atoms with van der Waals surface area (Å²) in [6.07, 6.45) is 3.58. The van der Waals surface area contributed by atoms with Gasteiger partial charge in [-0.2, -0.15) is 19.6 Å². The number of aliphatic hydroxyl groups excluding tert-OH is 1. The highest BCUT2D eigenvalue weighted by atomic mass is 35.5. The Morgan fingerprint density at radius 2 is 1.90 bits per heavy atom. The predicted molar refractivity (Wildman–Crippen MR) is 109 cm³/mol. The second-order valence-corrected chi connectivity index (χ2v) is 7.79. The van der Waals surface area contributed by atoms with Crippen LogP contribution in [0.15, 0.2) is 18.5 Å². The highest BCUT2D eigenvalue weighted by Crippen LogP contribution is 2.41. The van der Waals surface area contributed by atoms with Crippen LogP contribution in [-0.4, -0.2) is 51.0 Å². The molecule has 10 heteroatoms. The largest absolute Gasteiger partial charge is 0.493 e. The number of nitrogens with zero attached hydrogens (tertiary/aromatic N) is 5. The molecule has 4 rings (SSSR count). The Labute approximate surface area is 177 Å². The molecule has 1 aliphatic rings. The maximum atomic E-state index is 15.1. The van der Waals surface area contributed by atoms with Gasteiger partial charge in [-0.25, -0.2) is 8.78 Å². The van der Waals surface area contributed by atoms with Gasteiger partial charge in [-0.05, 0) is 18.8 Å². The maximum absolute atomic E-state index is 15.1. The van der Waals surface area contributed by atoms with Crippen LogP contribution in [0.4, 0.5) is 14.6 Å². The smallest absolute Gasteiger partial charge is 0.255 e. The molecule has 30 heavy (non-hydrogen) atoms. The predicted octanol–water partition coefficient (Wildman–Crippen LogP) is 3.72. The number of hydrogen-bond acceptors (Lipinski definition) is 6. The van der Waals surface area contributed by atoms with Gasteiger partial charge in [0.2, 0.25) is 0 Å². The van der Waals surface area contributed by atoms with E-state index in [9.17, 15) is 0 Å². The van der Waals surface area contributed by atoms with Crippen LogP contribution in [0, 0.1) is 17.6 Å². The first-order valence-corrected chi connectivity index (χ1v) is 10.2. The van der Waals surface area contributed by atoms with Gasteiger partial charge in [-0.1, -0.05) is 18.5 Å². The molecule has 0 spiro atoms. The molecule has 3 heterocycles. The number of fused-ring (bicyclic) bond motifs is 1. The molecule has 1 aliphatic heterocycles. The lowest BCUT2D eigenvalue weighted by atomic mass is 9.98. The van der Waals surface area contributed by atoms with Gasteiger partial charge in [0.15, 0.2) is 0 Å². The summed E-state index contributed by atoms with van der Waals surface area (Å²) in [7, 11) is 0. The molecule has 2 aromatic heterocycles. The summed E-state index contributed by atoms with van der Waals surface area (Å²) in [6.45, 7) is 3.67. The highest BCUT2D eigenvalue weighted by molar-refractivity contribution is 6.33. The fourth-order valence-electron chi connectivity index (χ4n) is 3.66. The summed E-state index contributed by atoms with van der Waals surface area (Å²) in [5, 5.41) is 13.0. The van der Waals surface area contributed by atoms with Crippen molar-refractivity contribution in [3.63, 3.8) is 0 Å². The van der Waals surface area contributed by atoms with E-state index in [0.717, 1.165) is 25.0 Å². The summed E-state index contributed by atoms with van der Waals surface area (Å²) >= 11 is 6.42. The molecule has 0 unspecified atom stereocenters. The van der Waals surface area contributed by atoms with Crippen molar-refractivity contribution < 1.29 is 18.6 Å². The Balaban J connectivity index is 1.84. The fraction of sp³-hybridized carbons (Fsp3) is 0.450. The van der Waals surface area contributed by atoms with Gasteiger partial charge >= 0.3 is 0 Å². The van der Waals surface area contributed by atoms with E-state index in [4.69, 9.17) is 21.4 Å². The monoisotopic (exact) mass is 437 g/mol. The van der Waals surface area contributed by atoms with Crippen LogP contribution in [0.2, 0.25) is 5.15 Å². The molecule has 3 aromatic rings. The van der Waals surface area contributed by atoms with Crippen molar-refractivity contribution in [2.45, 2.75) is 26.2 Å². The summed E-state index contributed by atoms with van der Waals surface area (Å²) in [6, 6.07) is 2.22. The Bertz CT molecular complexity index is 1030. The summed E-state index contributed by atoms with van der Waals surface area (Å²) in [5.74, 6) is -0.283. The normalized spacial score (nSPS) is 15.2. The minimum absolute atomic E-state index is 0.0430. The van der Waals surface area contributed by atoms with Crippen LogP contribution >= 0.6 is 11.6 Å². The van der Waals surface area contributed by atoms with E-state index in [0.29, 0.717) is 31.2 Å². The van der Waals surface area contributed by atoms with Gasteiger partial charge in [0, 0.05) is 38.2 Å². The first-order valence-electron chi connectivity index (χ1n) is 9.87. The lowest BCUT2D eigenvalue weighted by Crippen LogP contribution is -2.35. The molecular formula is C20H22ClF2N5O2. The Morgan fingerprint density at radius 3 is 2.57 bits per heavy atom. The number of ether oxygens (including phenoxy) is 1. The molecule has 7 nitrogen and oxygen atoms in total. The molecule has 1 saturated heterocycles. The zero-order chi connectivity index (χ0) is 21.3. The number of aliphatic hydroxyl groups is 1. The molecule has 0 atom stereocenters. The Hall–Kier alpha value is -2.52. The van der Waals surface area contributed by atoms with Crippen molar-refractivity contribution in [1.82, 2.24) is 19.6 Å². The summed E-state index contributed by atoms with van der Waals surface area (Å²) in [5.41, 5.74) is -0.144. The topological polar surface area (TPSA) is 75.8 Å². The SMILES string of the molecule is CC1CCN(c2c(-c3c(F)cc(OCCCO)cc3F)c(Cl)nc3ncnn23)CC1. The van der Waals surface area contributed by atoms with Crippen molar-refractivity contribution >= 4 is 23.2 Å². The van der Waals surface area contributed by atoms with E-state index in [1.165, 1.54) is 10.8 Å². The van der Waals surface area contributed by atoms with Crippen LogP contribution < -0.4 is 9.64 Å². The highest BCUT2D eigenvalue weighted by Gasteiger charge is 2.29. The van der Waals surface area contributed by atoms with Crippen molar-refractivity contribution in [3.8, 4) is 16.9 Å². The second-order valence-electron chi connectivity index (χ2n) is 7.43. The van der Waals surface area contributed by atoms with Crippen molar-refractivity contribution in [3.05, 3.63) is 35.2 Å². The molecule has 1 fully saturated rings. The van der Waals surface area contributed by atoms with Gasteiger partial charge < -0.3 is 14.7 Å². The quantitative estimate of drug-likeness (QED) is 0.468. The van der Waals surface area contributed by atoms with Crippen molar-refractivity contribution in [1.29, 1.82) is 0 Å². The van der Waals surface area contributed by atoms with Gasteiger partial charge in [-0.15, -0.1) is 0 Å². The molecule has 0 saturated carbocycles. The number of aromatic nitrogens is 4. The summed E-state index contributed by atoms with van der Waals surface area (Å²) < 4.78 is 37.0. The number of hydrogen-bond donors (Lipinski definition) is 1. The van der Waals surface area contributed by atoms with Gasteiger partial charge in [0.1, 0.15) is 34.7 Å². The number of anilines is 1. The molecule has 0 amide bonds. The number of benzene rings is 1. The zero-order valence-electron chi connectivity index (χ0n) is 16.5. The van der Waals surface area contributed by atoms with Crippen LogP contribution in [0.3, 0.4) is 0 Å². The lowest BCUT2D eigenvalue weighted by molar-refractivity contribution is 0.233. The van der Waals surface area contributed by atoms with Gasteiger partial charge in [0.25, 0.3) is 5.78 Å². The minimum Gasteiger partial charge on any atom is -0.493 e. The fourth-order valence-corrected chi connectivity index (χ4v) is 3.91. The Kier molecular flexibility index (Phi) is 6.01. The van der Waals surface area contributed by atoms with E-state index in [2.05, 4.69) is 22.0 Å². The van der Waals surface area contributed by atoms with Crippen molar-refractivity contribution in [2.24, 2.45) is 5.92 Å². The van der Waals surface area contributed by atoms with E-state index in [1.54, 1.807) is 0 Å². The van der Waals surface area contributed by atoms with Crippen LogP contribution in [-0.2, 0) is 0 Å². The number of halogens is 3. The molecule has 1 aromatic carbocycles. The second kappa shape index (κ2) is 8.69. The molecule has 0 bridgehead atoms. The van der Waals surface area contributed by atoms with Crippen LogP contribution in [0.5, 0.6) is 5.75 Å². The molecule has 0 radical (unpaired) electrons. The molecule has 1 N–H and O–H groups in total. The first-order chi connectivity index (χ1) is 14.5. The van der Waals surface area contributed by atoms with Crippen LogP contribution in [0.1, 0.15) is 26.2 Å². The molecule has 160 valence electrons. The summed E-state index contributed by atoms with van der Waals surface area (Å²) in [4.78, 5) is 10.3. The average Bonchev–Trinajstić information content (AvgIpc) is 3.16. The van der Waals surface area contributed by atoms with Gasteiger partial charge in [0.05, 0.1) is 17.7 Å². The maximum Gasteiger partial charge on any atom is 0.255 e. The zero-order valence-corrected chi connectivity index (χ0v) is 17.2. The first kappa shape index (κ1) is 20.7. The standard InChI is InChI=1S/C20H22ClF2N5O2/c1-12-3-5-27(6-4-12)19-17(18(21)26-20-24-11-25-28(19)20)16-14(22)9-13(10-15(16)23)30-8-2-7-29/h9-12,29H,2-8H2,1H3. The van der Waals surface area contributed by atoms with Crippen molar-refractivity contribution in [2.75, 3.05) is 31.2 Å².